The molecule has 0 spiro atoms. The number of carbonyl (C=O) groups excluding carboxylic acids is 1. The Labute approximate surface area is 176 Å². The lowest BCUT2D eigenvalue weighted by molar-refractivity contribution is -0.114. The molecular weight excluding hydrogens is 410 g/mol. The number of rotatable bonds is 7. The summed E-state index contributed by atoms with van der Waals surface area (Å²) in [4.78, 5) is 15.7. The highest BCUT2D eigenvalue weighted by atomic mass is 32.2. The molecule has 1 amide bonds. The Morgan fingerprint density at radius 3 is 2.48 bits per heavy atom. The first-order valence-corrected chi connectivity index (χ1v) is 12.3. The maximum absolute atomic E-state index is 12.5. The van der Waals surface area contributed by atoms with Gasteiger partial charge in [-0.2, -0.15) is 0 Å². The minimum Gasteiger partial charge on any atom is -0.378 e. The highest BCUT2D eigenvalue weighted by Crippen LogP contribution is 2.24. The molecule has 1 fully saturated rings. The number of hydrogen-bond acceptors (Lipinski definition) is 6. The van der Waals surface area contributed by atoms with Crippen LogP contribution in [0.5, 0.6) is 0 Å². The molecule has 156 valence electrons. The summed E-state index contributed by atoms with van der Waals surface area (Å²) in [6.07, 6.45) is 3.01. The summed E-state index contributed by atoms with van der Waals surface area (Å²) < 4.78 is 31.0. The number of nitrogens with one attached hydrogen (secondary N) is 1. The van der Waals surface area contributed by atoms with Crippen LogP contribution in [0.2, 0.25) is 0 Å². The Morgan fingerprint density at radius 2 is 1.86 bits per heavy atom. The minimum atomic E-state index is -3.61. The Kier molecular flexibility index (Phi) is 7.05. The van der Waals surface area contributed by atoms with Gasteiger partial charge in [-0.25, -0.2) is 8.42 Å². The molecule has 29 heavy (non-hydrogen) atoms. The average molecular weight is 436 g/mol. The monoisotopic (exact) mass is 435 g/mol. The smallest absolute Gasteiger partial charge is 0.245 e. The summed E-state index contributed by atoms with van der Waals surface area (Å²) >= 11 is 1.51. The Balaban J connectivity index is 1.68. The van der Waals surface area contributed by atoms with E-state index in [0.29, 0.717) is 24.6 Å². The molecule has 9 heteroatoms. The predicted molar refractivity (Wildman–Crippen MR) is 119 cm³/mol. The van der Waals surface area contributed by atoms with Gasteiger partial charge in [0.2, 0.25) is 15.9 Å². The van der Waals surface area contributed by atoms with E-state index in [1.54, 1.807) is 18.2 Å². The zero-order valence-electron chi connectivity index (χ0n) is 16.5. The Bertz CT molecular complexity index is 942. The van der Waals surface area contributed by atoms with Crippen molar-refractivity contribution in [2.45, 2.75) is 4.90 Å². The third kappa shape index (κ3) is 5.88. The molecule has 0 aromatic heterocycles. The van der Waals surface area contributed by atoms with E-state index in [0.717, 1.165) is 34.2 Å². The third-order valence-corrected chi connectivity index (χ3v) is 6.42. The van der Waals surface area contributed by atoms with E-state index >= 15 is 0 Å². The van der Waals surface area contributed by atoms with Crippen molar-refractivity contribution < 1.29 is 17.9 Å². The first kappa shape index (κ1) is 21.5. The van der Waals surface area contributed by atoms with E-state index in [1.165, 1.54) is 11.8 Å². The summed E-state index contributed by atoms with van der Waals surface area (Å²) in [6, 6.07) is 14.6. The predicted octanol–water partition coefficient (Wildman–Crippen LogP) is 2.65. The molecule has 3 rings (SSSR count). The fourth-order valence-electron chi connectivity index (χ4n) is 3.07. The van der Waals surface area contributed by atoms with Crippen LogP contribution in [0, 0.1) is 0 Å². The lowest BCUT2D eigenvalue weighted by atomic mass is 10.2. The number of carbonyl (C=O) groups is 1. The van der Waals surface area contributed by atoms with Crippen LogP contribution in [-0.4, -0.2) is 59.7 Å². The molecule has 0 aliphatic carbocycles. The summed E-state index contributed by atoms with van der Waals surface area (Å²) in [5.41, 5.74) is 2.16. The standard InChI is InChI=1S/C20H25N3O4S2/c1-28-19-5-3-4-18(14-19)23(29(2,25)26)15-20(24)21-16-6-8-17(9-7-16)22-10-12-27-13-11-22/h3-9,14H,10-13,15H2,1-2H3,(H,21,24). The largest absolute Gasteiger partial charge is 0.378 e. The van der Waals surface area contributed by atoms with Gasteiger partial charge in [-0.1, -0.05) is 6.07 Å². The van der Waals surface area contributed by atoms with Crippen molar-refractivity contribution in [1.82, 2.24) is 0 Å². The number of sulfonamides is 1. The lowest BCUT2D eigenvalue weighted by Crippen LogP contribution is -2.37. The summed E-state index contributed by atoms with van der Waals surface area (Å²) in [5.74, 6) is -0.399. The molecule has 1 aliphatic heterocycles. The SMILES string of the molecule is CSc1cccc(N(CC(=O)Nc2ccc(N3CCOCC3)cc2)S(C)(=O)=O)c1. The van der Waals surface area contributed by atoms with Crippen molar-refractivity contribution in [3.8, 4) is 0 Å². The van der Waals surface area contributed by atoms with E-state index in [-0.39, 0.29) is 6.54 Å². The summed E-state index contributed by atoms with van der Waals surface area (Å²) in [6.45, 7) is 2.80. The molecule has 0 bridgehead atoms. The molecule has 7 nitrogen and oxygen atoms in total. The van der Waals surface area contributed by atoms with Crippen LogP contribution in [-0.2, 0) is 19.6 Å². The topological polar surface area (TPSA) is 79.0 Å². The fraction of sp³-hybridized carbons (Fsp3) is 0.350. The zero-order valence-corrected chi connectivity index (χ0v) is 18.1. The average Bonchev–Trinajstić information content (AvgIpc) is 2.72. The number of ether oxygens (including phenoxy) is 1. The fourth-order valence-corrected chi connectivity index (χ4v) is 4.38. The number of hydrogen-bond donors (Lipinski definition) is 1. The Hall–Kier alpha value is -2.23. The van der Waals surface area contributed by atoms with Crippen LogP contribution in [0.15, 0.2) is 53.4 Å². The molecule has 2 aromatic carbocycles. The molecule has 1 aliphatic rings. The van der Waals surface area contributed by atoms with Gasteiger partial charge in [-0.3, -0.25) is 9.10 Å². The van der Waals surface area contributed by atoms with Gasteiger partial charge in [0, 0.05) is 29.4 Å². The highest BCUT2D eigenvalue weighted by Gasteiger charge is 2.21. The Morgan fingerprint density at radius 1 is 1.17 bits per heavy atom. The van der Waals surface area contributed by atoms with Gasteiger partial charge in [0.25, 0.3) is 0 Å². The normalized spacial score (nSPS) is 14.5. The second-order valence-corrected chi connectivity index (χ2v) is 9.45. The van der Waals surface area contributed by atoms with Gasteiger partial charge >= 0.3 is 0 Å². The van der Waals surface area contributed by atoms with Crippen molar-refractivity contribution in [3.63, 3.8) is 0 Å². The molecule has 1 saturated heterocycles. The molecule has 1 N–H and O–H groups in total. The highest BCUT2D eigenvalue weighted by molar-refractivity contribution is 7.98. The molecular formula is C20H25N3O4S2. The van der Waals surface area contributed by atoms with E-state index in [4.69, 9.17) is 4.74 Å². The van der Waals surface area contributed by atoms with Gasteiger partial charge in [-0.15, -0.1) is 11.8 Å². The van der Waals surface area contributed by atoms with E-state index in [2.05, 4.69) is 10.2 Å². The first-order chi connectivity index (χ1) is 13.9. The van der Waals surface area contributed by atoms with E-state index in [1.807, 2.05) is 36.6 Å². The van der Waals surface area contributed by atoms with Gasteiger partial charge < -0.3 is 15.0 Å². The lowest BCUT2D eigenvalue weighted by Gasteiger charge is -2.29. The first-order valence-electron chi connectivity index (χ1n) is 9.21. The van der Waals surface area contributed by atoms with Crippen molar-refractivity contribution in [2.75, 3.05) is 59.9 Å². The molecule has 0 atom stereocenters. The number of thioether (sulfide) groups is 1. The maximum atomic E-state index is 12.5. The minimum absolute atomic E-state index is 0.290. The number of anilines is 3. The molecule has 0 unspecified atom stereocenters. The molecule has 1 heterocycles. The van der Waals surface area contributed by atoms with Crippen molar-refractivity contribution in [2.24, 2.45) is 0 Å². The molecule has 2 aromatic rings. The van der Waals surface area contributed by atoms with Crippen LogP contribution in [0.3, 0.4) is 0 Å². The van der Waals surface area contributed by atoms with Crippen LogP contribution in [0.25, 0.3) is 0 Å². The number of morpholine rings is 1. The molecule has 0 radical (unpaired) electrons. The van der Waals surface area contributed by atoms with Gasteiger partial charge in [-0.05, 0) is 48.7 Å². The van der Waals surface area contributed by atoms with Crippen LogP contribution < -0.4 is 14.5 Å². The van der Waals surface area contributed by atoms with E-state index < -0.39 is 15.9 Å². The zero-order chi connectivity index (χ0) is 20.9. The van der Waals surface area contributed by atoms with Crippen molar-refractivity contribution in [1.29, 1.82) is 0 Å². The van der Waals surface area contributed by atoms with Gasteiger partial charge in [0.05, 0.1) is 25.2 Å². The molecule has 0 saturated carbocycles. The van der Waals surface area contributed by atoms with Crippen molar-refractivity contribution in [3.05, 3.63) is 48.5 Å². The maximum Gasteiger partial charge on any atom is 0.245 e. The second kappa shape index (κ2) is 9.51. The number of amides is 1. The van der Waals surface area contributed by atoms with Crippen LogP contribution in [0.4, 0.5) is 17.1 Å². The van der Waals surface area contributed by atoms with Gasteiger partial charge in [0.15, 0.2) is 0 Å². The summed E-state index contributed by atoms with van der Waals surface area (Å²) in [5, 5.41) is 2.78. The van der Waals surface area contributed by atoms with E-state index in [9.17, 15) is 13.2 Å². The van der Waals surface area contributed by atoms with Crippen LogP contribution >= 0.6 is 11.8 Å². The number of benzene rings is 2. The third-order valence-electron chi connectivity index (χ3n) is 4.56. The quantitative estimate of drug-likeness (QED) is 0.674. The summed E-state index contributed by atoms with van der Waals surface area (Å²) in [7, 11) is -3.61. The number of nitrogens with zero attached hydrogens (tertiary/aromatic N) is 2. The van der Waals surface area contributed by atoms with Gasteiger partial charge in [0.1, 0.15) is 6.54 Å². The second-order valence-electron chi connectivity index (χ2n) is 6.67. The van der Waals surface area contributed by atoms with Crippen LogP contribution in [0.1, 0.15) is 0 Å². The van der Waals surface area contributed by atoms with Crippen molar-refractivity contribution >= 4 is 44.8 Å².